The van der Waals surface area contributed by atoms with Gasteiger partial charge in [0.25, 0.3) is 0 Å². The number of rotatable bonds is 4. The van der Waals surface area contributed by atoms with E-state index in [9.17, 15) is 4.39 Å². The van der Waals surface area contributed by atoms with Crippen molar-refractivity contribution >= 4 is 23.2 Å². The predicted molar refractivity (Wildman–Crippen MR) is 102 cm³/mol. The maximum absolute atomic E-state index is 13.1. The number of benzene rings is 1. The highest BCUT2D eigenvalue weighted by Crippen LogP contribution is 2.35. The molecule has 0 bridgehead atoms. The fourth-order valence-corrected chi connectivity index (χ4v) is 3.39. The van der Waals surface area contributed by atoms with Crippen molar-refractivity contribution in [1.82, 2.24) is 9.97 Å². The van der Waals surface area contributed by atoms with Gasteiger partial charge in [-0.05, 0) is 42.8 Å². The van der Waals surface area contributed by atoms with Crippen molar-refractivity contribution in [1.29, 1.82) is 0 Å². The monoisotopic (exact) mass is 368 g/mol. The molecule has 0 radical (unpaired) electrons. The summed E-state index contributed by atoms with van der Waals surface area (Å²) in [7, 11) is 0. The number of hydrogen-bond acceptors (Lipinski definition) is 4. The second-order valence-corrected chi connectivity index (χ2v) is 6.83. The van der Waals surface area contributed by atoms with Gasteiger partial charge in [0.05, 0.1) is 10.7 Å². The van der Waals surface area contributed by atoms with Gasteiger partial charge in [-0.1, -0.05) is 29.8 Å². The van der Waals surface area contributed by atoms with Gasteiger partial charge in [-0.25, -0.2) is 14.4 Å². The van der Waals surface area contributed by atoms with Gasteiger partial charge >= 0.3 is 0 Å². The zero-order chi connectivity index (χ0) is 18.1. The standard InChI is InChI=1S/C20H18ClFN4/c1-12(13-5-7-15(22)8-6-13)25-19-4-2-3-18(26-19)17-11-24-20-16(17)9-14(21)10-23-20/h2-10,12,17H,11H2,1H3,(H,23,24)(H,25,26)/t12-,17?/m1/s1. The lowest BCUT2D eigenvalue weighted by Crippen LogP contribution is -2.11. The van der Waals surface area contributed by atoms with Crippen molar-refractivity contribution in [3.8, 4) is 0 Å². The van der Waals surface area contributed by atoms with Crippen molar-refractivity contribution < 1.29 is 4.39 Å². The Morgan fingerprint density at radius 1 is 1.23 bits per heavy atom. The minimum atomic E-state index is -0.235. The molecule has 0 aliphatic carbocycles. The summed E-state index contributed by atoms with van der Waals surface area (Å²) in [4.78, 5) is 9.11. The van der Waals surface area contributed by atoms with Gasteiger partial charge in [0.15, 0.2) is 0 Å². The number of halogens is 2. The number of aromatic nitrogens is 2. The first kappa shape index (κ1) is 16.8. The lowest BCUT2D eigenvalue weighted by atomic mass is 9.99. The molecule has 0 fully saturated rings. The van der Waals surface area contributed by atoms with E-state index in [1.54, 1.807) is 18.3 Å². The molecule has 2 aromatic heterocycles. The molecular formula is C20H18ClFN4. The Labute approximate surface area is 156 Å². The molecule has 0 spiro atoms. The lowest BCUT2D eigenvalue weighted by molar-refractivity contribution is 0.626. The largest absolute Gasteiger partial charge is 0.369 e. The van der Waals surface area contributed by atoms with E-state index in [1.165, 1.54) is 12.1 Å². The second kappa shape index (κ2) is 6.92. The average Bonchev–Trinajstić information content (AvgIpc) is 3.05. The molecule has 1 aliphatic rings. The highest BCUT2D eigenvalue weighted by Gasteiger charge is 2.26. The van der Waals surface area contributed by atoms with Crippen LogP contribution in [0.5, 0.6) is 0 Å². The van der Waals surface area contributed by atoms with E-state index >= 15 is 0 Å². The first-order valence-electron chi connectivity index (χ1n) is 8.48. The predicted octanol–water partition coefficient (Wildman–Crippen LogP) is 5.00. The number of anilines is 2. The number of nitrogens with zero attached hydrogens (tertiary/aromatic N) is 2. The zero-order valence-corrected chi connectivity index (χ0v) is 15.0. The van der Waals surface area contributed by atoms with Gasteiger partial charge in [-0.3, -0.25) is 0 Å². The average molecular weight is 369 g/mol. The van der Waals surface area contributed by atoms with Gasteiger partial charge < -0.3 is 10.6 Å². The second-order valence-electron chi connectivity index (χ2n) is 6.39. The molecule has 0 saturated carbocycles. The summed E-state index contributed by atoms with van der Waals surface area (Å²) < 4.78 is 13.1. The quantitative estimate of drug-likeness (QED) is 0.680. The van der Waals surface area contributed by atoms with Gasteiger partial charge in [0.2, 0.25) is 0 Å². The molecule has 6 heteroatoms. The molecule has 1 aliphatic heterocycles. The Hall–Kier alpha value is -2.66. The topological polar surface area (TPSA) is 49.8 Å². The normalized spacial score (nSPS) is 16.7. The third-order valence-electron chi connectivity index (χ3n) is 4.59. The summed E-state index contributed by atoms with van der Waals surface area (Å²) in [5, 5.41) is 7.30. The minimum Gasteiger partial charge on any atom is -0.369 e. The van der Waals surface area contributed by atoms with Crippen LogP contribution in [0.25, 0.3) is 0 Å². The van der Waals surface area contributed by atoms with Crippen LogP contribution >= 0.6 is 11.6 Å². The Morgan fingerprint density at radius 2 is 2.04 bits per heavy atom. The highest BCUT2D eigenvalue weighted by molar-refractivity contribution is 6.30. The molecular weight excluding hydrogens is 351 g/mol. The zero-order valence-electron chi connectivity index (χ0n) is 14.2. The Balaban J connectivity index is 1.56. The van der Waals surface area contributed by atoms with E-state index in [0.717, 1.165) is 35.0 Å². The van der Waals surface area contributed by atoms with E-state index in [4.69, 9.17) is 16.6 Å². The molecule has 4 nitrogen and oxygen atoms in total. The fourth-order valence-electron chi connectivity index (χ4n) is 3.22. The summed E-state index contributed by atoms with van der Waals surface area (Å²) in [5.41, 5.74) is 3.02. The third-order valence-corrected chi connectivity index (χ3v) is 4.80. The van der Waals surface area contributed by atoms with Crippen LogP contribution in [-0.2, 0) is 0 Å². The molecule has 4 rings (SSSR count). The molecule has 3 aromatic rings. The minimum absolute atomic E-state index is 0.0171. The molecule has 0 amide bonds. The Bertz CT molecular complexity index is 929. The van der Waals surface area contributed by atoms with E-state index < -0.39 is 0 Å². The number of pyridine rings is 2. The molecule has 3 heterocycles. The third kappa shape index (κ3) is 3.35. The summed E-state index contributed by atoms with van der Waals surface area (Å²) in [6, 6.07) is 14.4. The summed E-state index contributed by atoms with van der Waals surface area (Å²) >= 11 is 6.11. The highest BCUT2D eigenvalue weighted by atomic mass is 35.5. The van der Waals surface area contributed by atoms with Crippen molar-refractivity contribution in [3.63, 3.8) is 0 Å². The van der Waals surface area contributed by atoms with Crippen molar-refractivity contribution in [3.05, 3.63) is 82.4 Å². The van der Waals surface area contributed by atoms with Crippen molar-refractivity contribution in [2.45, 2.75) is 18.9 Å². The number of hydrogen-bond donors (Lipinski definition) is 2. The van der Waals surface area contributed by atoms with Gasteiger partial charge in [-0.15, -0.1) is 0 Å². The van der Waals surface area contributed by atoms with Crippen LogP contribution in [0.4, 0.5) is 16.0 Å². The number of fused-ring (bicyclic) bond motifs is 1. The fraction of sp³-hybridized carbons (Fsp3) is 0.200. The van der Waals surface area contributed by atoms with Gasteiger partial charge in [0, 0.05) is 30.3 Å². The summed E-state index contributed by atoms with van der Waals surface area (Å²) in [6.07, 6.45) is 1.64. The molecule has 0 saturated heterocycles. The summed E-state index contributed by atoms with van der Waals surface area (Å²) in [5.74, 6) is 1.52. The molecule has 132 valence electrons. The first-order valence-corrected chi connectivity index (χ1v) is 8.86. The van der Waals surface area contributed by atoms with E-state index in [0.29, 0.717) is 5.02 Å². The SMILES string of the molecule is C[C@@H](Nc1cccc(C2CNc3ncc(Cl)cc32)n1)c1ccc(F)cc1. The van der Waals surface area contributed by atoms with Crippen LogP contribution in [0.2, 0.25) is 5.02 Å². The Morgan fingerprint density at radius 3 is 2.85 bits per heavy atom. The van der Waals surface area contributed by atoms with Gasteiger partial charge in [-0.2, -0.15) is 0 Å². The van der Waals surface area contributed by atoms with Crippen molar-refractivity contribution in [2.75, 3.05) is 17.2 Å². The first-order chi connectivity index (χ1) is 12.6. The van der Waals surface area contributed by atoms with Crippen LogP contribution < -0.4 is 10.6 Å². The molecule has 2 N–H and O–H groups in total. The van der Waals surface area contributed by atoms with Crippen LogP contribution in [0.3, 0.4) is 0 Å². The van der Waals surface area contributed by atoms with E-state index in [2.05, 4.69) is 15.6 Å². The Kier molecular flexibility index (Phi) is 4.47. The van der Waals surface area contributed by atoms with Crippen LogP contribution in [0.1, 0.15) is 35.7 Å². The molecule has 26 heavy (non-hydrogen) atoms. The maximum Gasteiger partial charge on any atom is 0.130 e. The van der Waals surface area contributed by atoms with Crippen LogP contribution in [0.15, 0.2) is 54.7 Å². The van der Waals surface area contributed by atoms with Gasteiger partial charge in [0.1, 0.15) is 17.5 Å². The maximum atomic E-state index is 13.1. The number of nitrogens with one attached hydrogen (secondary N) is 2. The van der Waals surface area contributed by atoms with E-state index in [1.807, 2.05) is 31.2 Å². The molecule has 2 atom stereocenters. The van der Waals surface area contributed by atoms with E-state index in [-0.39, 0.29) is 17.8 Å². The smallest absolute Gasteiger partial charge is 0.130 e. The van der Waals surface area contributed by atoms with Crippen LogP contribution in [0, 0.1) is 5.82 Å². The molecule has 1 aromatic carbocycles. The summed E-state index contributed by atoms with van der Waals surface area (Å²) in [6.45, 7) is 2.77. The molecule has 1 unspecified atom stereocenters. The van der Waals surface area contributed by atoms with Crippen molar-refractivity contribution in [2.24, 2.45) is 0 Å². The van der Waals surface area contributed by atoms with Crippen LogP contribution in [-0.4, -0.2) is 16.5 Å². The lowest BCUT2D eigenvalue weighted by Gasteiger charge is -2.17.